The quantitative estimate of drug-likeness (QED) is 0.842. The fourth-order valence-electron chi connectivity index (χ4n) is 4.01. The van der Waals surface area contributed by atoms with E-state index in [1.807, 2.05) is 13.2 Å². The van der Waals surface area contributed by atoms with Gasteiger partial charge in [0.15, 0.2) is 0 Å². The third-order valence-corrected chi connectivity index (χ3v) is 5.47. The van der Waals surface area contributed by atoms with Crippen LogP contribution in [0.1, 0.15) is 18.4 Å². The molecule has 0 saturated carbocycles. The van der Waals surface area contributed by atoms with Crippen molar-refractivity contribution in [1.29, 1.82) is 0 Å². The lowest BCUT2D eigenvalue weighted by Gasteiger charge is -2.23. The van der Waals surface area contributed by atoms with Gasteiger partial charge in [0.2, 0.25) is 11.8 Å². The first kappa shape index (κ1) is 16.8. The summed E-state index contributed by atoms with van der Waals surface area (Å²) < 4.78 is 15.0. The molecule has 2 saturated heterocycles. The average Bonchev–Trinajstić information content (AvgIpc) is 3.30. The molecule has 2 amide bonds. The van der Waals surface area contributed by atoms with Crippen LogP contribution in [0.25, 0.3) is 0 Å². The van der Waals surface area contributed by atoms with Gasteiger partial charge in [-0.2, -0.15) is 5.10 Å². The Labute approximate surface area is 151 Å². The number of rotatable bonds is 3. The Kier molecular flexibility index (Phi) is 4.01. The van der Waals surface area contributed by atoms with Gasteiger partial charge in [0.1, 0.15) is 5.82 Å². The number of likely N-dealkylation sites (tertiary alicyclic amines) is 1. The summed E-state index contributed by atoms with van der Waals surface area (Å²) >= 11 is 0. The summed E-state index contributed by atoms with van der Waals surface area (Å²) in [5.41, 5.74) is 0.970. The van der Waals surface area contributed by atoms with Gasteiger partial charge in [-0.1, -0.05) is 12.1 Å². The van der Waals surface area contributed by atoms with E-state index in [-0.39, 0.29) is 24.1 Å². The second-order valence-electron chi connectivity index (χ2n) is 7.23. The normalized spacial score (nSPS) is 22.6. The second kappa shape index (κ2) is 6.23. The minimum atomic E-state index is -0.493. The van der Waals surface area contributed by atoms with Gasteiger partial charge in [0.25, 0.3) is 0 Å². The lowest BCUT2D eigenvalue weighted by atomic mass is 9.85. The molecule has 2 aliphatic heterocycles. The molecule has 26 heavy (non-hydrogen) atoms. The molecule has 0 radical (unpaired) electrons. The van der Waals surface area contributed by atoms with Crippen molar-refractivity contribution < 1.29 is 14.0 Å². The number of aromatic nitrogens is 2. The molecule has 1 atom stereocenters. The van der Waals surface area contributed by atoms with E-state index < -0.39 is 5.41 Å². The summed E-state index contributed by atoms with van der Waals surface area (Å²) in [5.74, 6) is -0.321. The highest BCUT2D eigenvalue weighted by atomic mass is 19.1. The van der Waals surface area contributed by atoms with E-state index in [4.69, 9.17) is 0 Å². The molecule has 136 valence electrons. The summed E-state index contributed by atoms with van der Waals surface area (Å²) in [7, 11) is 1.82. The number of benzene rings is 1. The Bertz CT molecular complexity index is 865. The molecule has 0 unspecified atom stereocenters. The van der Waals surface area contributed by atoms with Crippen molar-refractivity contribution in [2.45, 2.75) is 19.3 Å². The minimum absolute atomic E-state index is 0.0555. The lowest BCUT2D eigenvalue weighted by molar-refractivity contribution is -0.130. The number of anilines is 1. The maximum absolute atomic E-state index is 13.3. The molecule has 7 heteroatoms. The molecular weight excluding hydrogens is 335 g/mol. The van der Waals surface area contributed by atoms with Crippen molar-refractivity contribution in [1.82, 2.24) is 14.7 Å². The molecule has 0 bridgehead atoms. The van der Waals surface area contributed by atoms with Crippen molar-refractivity contribution >= 4 is 17.5 Å². The molecule has 4 rings (SSSR count). The second-order valence-corrected chi connectivity index (χ2v) is 7.23. The highest BCUT2D eigenvalue weighted by Gasteiger charge is 2.52. The van der Waals surface area contributed by atoms with Crippen molar-refractivity contribution in [3.8, 4) is 0 Å². The highest BCUT2D eigenvalue weighted by Crippen LogP contribution is 2.42. The fourth-order valence-corrected chi connectivity index (χ4v) is 4.01. The third-order valence-electron chi connectivity index (χ3n) is 5.47. The van der Waals surface area contributed by atoms with Crippen LogP contribution in [0.2, 0.25) is 0 Å². The zero-order chi connectivity index (χ0) is 18.3. The first-order valence-electron chi connectivity index (χ1n) is 8.80. The Morgan fingerprint density at radius 3 is 2.85 bits per heavy atom. The zero-order valence-electron chi connectivity index (χ0n) is 14.7. The van der Waals surface area contributed by atoms with Gasteiger partial charge in [0.05, 0.1) is 23.7 Å². The van der Waals surface area contributed by atoms with E-state index in [1.54, 1.807) is 32.8 Å². The van der Waals surface area contributed by atoms with Crippen LogP contribution in [0.3, 0.4) is 0 Å². The van der Waals surface area contributed by atoms with Gasteiger partial charge in [0, 0.05) is 32.9 Å². The van der Waals surface area contributed by atoms with Crippen LogP contribution in [0, 0.1) is 11.2 Å². The Morgan fingerprint density at radius 2 is 2.12 bits per heavy atom. The average molecular weight is 356 g/mol. The molecule has 2 aliphatic rings. The van der Waals surface area contributed by atoms with Gasteiger partial charge in [-0.15, -0.1) is 0 Å². The number of hydrogen-bond donors (Lipinski definition) is 0. The Balaban J connectivity index is 1.44. The topological polar surface area (TPSA) is 58.4 Å². The van der Waals surface area contributed by atoms with Crippen LogP contribution in [0.4, 0.5) is 10.1 Å². The van der Waals surface area contributed by atoms with Gasteiger partial charge < -0.3 is 9.80 Å². The van der Waals surface area contributed by atoms with Crippen LogP contribution in [0.5, 0.6) is 0 Å². The molecule has 1 aromatic heterocycles. The van der Waals surface area contributed by atoms with Crippen LogP contribution in [-0.4, -0.2) is 46.1 Å². The van der Waals surface area contributed by atoms with E-state index in [9.17, 15) is 14.0 Å². The SMILES string of the molecule is Cn1cc(N2CC[C@@]3(CCN(C(=O)Cc4cccc(F)c4)C3)C2=O)cn1. The molecular formula is C19H21FN4O2. The Hall–Kier alpha value is -2.70. The van der Waals surface area contributed by atoms with Gasteiger partial charge >= 0.3 is 0 Å². The Morgan fingerprint density at radius 1 is 1.31 bits per heavy atom. The zero-order valence-corrected chi connectivity index (χ0v) is 14.7. The van der Waals surface area contributed by atoms with E-state index in [0.717, 1.165) is 12.1 Å². The van der Waals surface area contributed by atoms with Crippen LogP contribution in [-0.2, 0) is 23.1 Å². The first-order valence-corrected chi connectivity index (χ1v) is 8.80. The third kappa shape index (κ3) is 2.87. The highest BCUT2D eigenvalue weighted by molar-refractivity contribution is 6.00. The maximum Gasteiger partial charge on any atom is 0.235 e. The van der Waals surface area contributed by atoms with E-state index in [0.29, 0.717) is 31.6 Å². The number of halogens is 1. The summed E-state index contributed by atoms with van der Waals surface area (Å²) in [5, 5.41) is 4.14. The van der Waals surface area contributed by atoms with Crippen molar-refractivity contribution in [3.05, 3.63) is 48.0 Å². The molecule has 2 aromatic rings. The number of amides is 2. The van der Waals surface area contributed by atoms with Crippen molar-refractivity contribution in [2.24, 2.45) is 12.5 Å². The van der Waals surface area contributed by atoms with E-state index >= 15 is 0 Å². The number of carbonyl (C=O) groups excluding carboxylic acids is 2. The fraction of sp³-hybridized carbons (Fsp3) is 0.421. The molecule has 0 N–H and O–H groups in total. The van der Waals surface area contributed by atoms with Crippen LogP contribution < -0.4 is 4.90 Å². The largest absolute Gasteiger partial charge is 0.341 e. The lowest BCUT2D eigenvalue weighted by Crippen LogP contribution is -2.38. The van der Waals surface area contributed by atoms with E-state index in [2.05, 4.69) is 5.10 Å². The standard InChI is InChI=1S/C19H21FN4O2/c1-22-12-16(11-21-22)24-8-6-19(18(24)26)5-7-23(13-19)17(25)10-14-3-2-4-15(20)9-14/h2-4,9,11-12H,5-8,10,13H2,1H3/t19-/m1/s1. The molecule has 6 nitrogen and oxygen atoms in total. The molecule has 3 heterocycles. The predicted molar refractivity (Wildman–Crippen MR) is 93.9 cm³/mol. The number of aryl methyl sites for hydroxylation is 1. The molecule has 0 aliphatic carbocycles. The van der Waals surface area contributed by atoms with Crippen molar-refractivity contribution in [3.63, 3.8) is 0 Å². The number of carbonyl (C=O) groups is 2. The number of nitrogens with zero attached hydrogens (tertiary/aromatic N) is 4. The number of hydrogen-bond acceptors (Lipinski definition) is 3. The summed E-state index contributed by atoms with van der Waals surface area (Å²) in [6.07, 6.45) is 5.10. The summed E-state index contributed by atoms with van der Waals surface area (Å²) in [6.45, 7) is 1.66. The van der Waals surface area contributed by atoms with Crippen molar-refractivity contribution in [2.75, 3.05) is 24.5 Å². The van der Waals surface area contributed by atoms with E-state index in [1.165, 1.54) is 12.1 Å². The monoisotopic (exact) mass is 356 g/mol. The molecule has 1 spiro atoms. The predicted octanol–water partition coefficient (Wildman–Crippen LogP) is 1.76. The van der Waals surface area contributed by atoms with Gasteiger partial charge in [-0.05, 0) is 30.5 Å². The molecule has 2 fully saturated rings. The maximum atomic E-state index is 13.3. The van der Waals surface area contributed by atoms with Gasteiger partial charge in [-0.25, -0.2) is 4.39 Å². The van der Waals surface area contributed by atoms with Gasteiger partial charge in [-0.3, -0.25) is 14.3 Å². The van der Waals surface area contributed by atoms with Crippen LogP contribution in [0.15, 0.2) is 36.7 Å². The first-order chi connectivity index (χ1) is 12.5. The van der Waals surface area contributed by atoms with Crippen LogP contribution >= 0.6 is 0 Å². The minimum Gasteiger partial charge on any atom is -0.341 e. The summed E-state index contributed by atoms with van der Waals surface area (Å²) in [6, 6.07) is 6.10. The summed E-state index contributed by atoms with van der Waals surface area (Å²) in [4.78, 5) is 29.1. The molecule has 1 aromatic carbocycles. The smallest absolute Gasteiger partial charge is 0.235 e.